The lowest BCUT2D eigenvalue weighted by Crippen LogP contribution is -2.28. The Balaban J connectivity index is 1.28. The Labute approximate surface area is 208 Å². The number of rotatable bonds is 9. The summed E-state index contributed by atoms with van der Waals surface area (Å²) >= 11 is 9.54. The Morgan fingerprint density at radius 2 is 1.76 bits per heavy atom. The summed E-state index contributed by atoms with van der Waals surface area (Å²) in [6.45, 7) is 1.18. The van der Waals surface area contributed by atoms with Crippen LogP contribution in [0.1, 0.15) is 32.4 Å². The molecule has 3 aromatic rings. The molecule has 4 rings (SSSR count). The van der Waals surface area contributed by atoms with Gasteiger partial charge in [-0.15, -0.1) is 11.8 Å². The van der Waals surface area contributed by atoms with E-state index in [-0.39, 0.29) is 17.2 Å². The molecule has 1 heterocycles. The highest BCUT2D eigenvalue weighted by Gasteiger charge is 2.32. The van der Waals surface area contributed by atoms with Gasteiger partial charge in [-0.05, 0) is 34.9 Å². The van der Waals surface area contributed by atoms with Crippen LogP contribution in [0, 0.1) is 0 Å². The fourth-order valence-electron chi connectivity index (χ4n) is 3.62. The van der Waals surface area contributed by atoms with Crippen LogP contribution in [0.4, 0.5) is 0 Å². The fraction of sp³-hybridized carbons (Fsp3) is 0.231. The minimum atomic E-state index is -0.0869. The van der Waals surface area contributed by atoms with Crippen LogP contribution in [-0.4, -0.2) is 34.8 Å². The van der Waals surface area contributed by atoms with Gasteiger partial charge in [-0.1, -0.05) is 72.3 Å². The summed E-state index contributed by atoms with van der Waals surface area (Å²) in [5.74, 6) is 2.17. The number of carbonyl (C=O) groups excluding carboxylic acids is 2. The topological polar surface area (TPSA) is 49.4 Å². The molecule has 3 aromatic carbocycles. The van der Waals surface area contributed by atoms with E-state index in [1.165, 1.54) is 0 Å². The van der Waals surface area contributed by atoms with Gasteiger partial charge in [0.1, 0.15) is 5.37 Å². The Morgan fingerprint density at radius 3 is 2.52 bits per heavy atom. The average molecular weight is 497 g/mol. The molecule has 4 nitrogen and oxygen atoms in total. The molecule has 0 aromatic heterocycles. The molecule has 0 saturated carbocycles. The van der Waals surface area contributed by atoms with Crippen molar-refractivity contribution in [3.63, 3.8) is 0 Å². The van der Waals surface area contributed by atoms with Gasteiger partial charge in [0.25, 0.3) is 5.91 Å². The van der Waals surface area contributed by atoms with Crippen molar-refractivity contribution in [1.29, 1.82) is 0 Å². The summed E-state index contributed by atoms with van der Waals surface area (Å²) in [5.41, 5.74) is 3.88. The van der Waals surface area contributed by atoms with E-state index in [0.29, 0.717) is 24.4 Å². The van der Waals surface area contributed by atoms with Gasteiger partial charge in [-0.25, -0.2) is 0 Å². The van der Waals surface area contributed by atoms with Crippen LogP contribution in [0.25, 0.3) is 0 Å². The van der Waals surface area contributed by atoms with Crippen molar-refractivity contribution >= 4 is 46.9 Å². The van der Waals surface area contributed by atoms with E-state index >= 15 is 0 Å². The molecule has 170 valence electrons. The highest BCUT2D eigenvalue weighted by atomic mass is 35.5. The van der Waals surface area contributed by atoms with Crippen molar-refractivity contribution in [3.8, 4) is 0 Å². The van der Waals surface area contributed by atoms with Crippen molar-refractivity contribution in [2.24, 2.45) is 0 Å². The van der Waals surface area contributed by atoms with Gasteiger partial charge in [-0.2, -0.15) is 11.8 Å². The highest BCUT2D eigenvalue weighted by Crippen LogP contribution is 2.39. The second-order valence-corrected chi connectivity index (χ2v) is 10.3. The van der Waals surface area contributed by atoms with Crippen LogP contribution in [0.3, 0.4) is 0 Å². The molecule has 1 saturated heterocycles. The lowest BCUT2D eigenvalue weighted by molar-refractivity contribution is -0.128. The molecular weight excluding hydrogens is 472 g/mol. The normalized spacial score (nSPS) is 15.6. The smallest absolute Gasteiger partial charge is 0.251 e. The van der Waals surface area contributed by atoms with Crippen LogP contribution < -0.4 is 5.32 Å². The second kappa shape index (κ2) is 11.6. The quantitative estimate of drug-likeness (QED) is 0.382. The van der Waals surface area contributed by atoms with E-state index in [9.17, 15) is 9.59 Å². The highest BCUT2D eigenvalue weighted by molar-refractivity contribution is 8.00. The van der Waals surface area contributed by atoms with E-state index in [1.807, 2.05) is 83.8 Å². The van der Waals surface area contributed by atoms with Gasteiger partial charge in [0, 0.05) is 35.2 Å². The van der Waals surface area contributed by atoms with E-state index < -0.39 is 0 Å². The monoisotopic (exact) mass is 496 g/mol. The molecule has 33 heavy (non-hydrogen) atoms. The molecule has 0 radical (unpaired) electrons. The Morgan fingerprint density at radius 1 is 1.03 bits per heavy atom. The largest absolute Gasteiger partial charge is 0.351 e. The molecule has 1 N–H and O–H groups in total. The molecule has 1 aliphatic heterocycles. The van der Waals surface area contributed by atoms with Crippen molar-refractivity contribution < 1.29 is 9.59 Å². The number of amides is 2. The zero-order valence-corrected chi connectivity index (χ0v) is 20.5. The summed E-state index contributed by atoms with van der Waals surface area (Å²) in [6, 6.07) is 25.4. The van der Waals surface area contributed by atoms with E-state index in [4.69, 9.17) is 11.6 Å². The first-order valence-electron chi connectivity index (χ1n) is 10.8. The summed E-state index contributed by atoms with van der Waals surface area (Å²) in [7, 11) is 0. The van der Waals surface area contributed by atoms with Crippen LogP contribution in [0.15, 0.2) is 78.9 Å². The predicted octanol–water partition coefficient (Wildman–Crippen LogP) is 5.78. The minimum absolute atomic E-state index is 0.0315. The first-order chi connectivity index (χ1) is 16.1. The third-order valence-electron chi connectivity index (χ3n) is 5.37. The SMILES string of the molecule is O=C(NCCSCc1ccccc1Cl)c1ccc(C2SCC(=O)N2Cc2ccccc2)cc1. The maximum Gasteiger partial charge on any atom is 0.251 e. The molecule has 0 bridgehead atoms. The summed E-state index contributed by atoms with van der Waals surface area (Å²) in [6.07, 6.45) is 0. The van der Waals surface area contributed by atoms with Gasteiger partial charge >= 0.3 is 0 Å². The molecule has 1 fully saturated rings. The molecule has 1 unspecified atom stereocenters. The summed E-state index contributed by atoms with van der Waals surface area (Å²) in [5, 5.41) is 3.72. The summed E-state index contributed by atoms with van der Waals surface area (Å²) in [4.78, 5) is 26.9. The van der Waals surface area contributed by atoms with E-state index in [2.05, 4.69) is 5.32 Å². The van der Waals surface area contributed by atoms with Crippen molar-refractivity contribution in [1.82, 2.24) is 10.2 Å². The zero-order chi connectivity index (χ0) is 23.0. The standard InChI is InChI=1S/C26H25ClN2O2S2/c27-23-9-5-4-8-22(23)17-32-15-14-28-25(31)20-10-12-21(13-11-20)26-29(24(30)18-33-26)16-19-6-2-1-3-7-19/h1-13,26H,14-18H2,(H,28,31). The maximum absolute atomic E-state index is 12.5. The van der Waals surface area contributed by atoms with Crippen molar-refractivity contribution in [2.75, 3.05) is 18.1 Å². The van der Waals surface area contributed by atoms with Crippen molar-refractivity contribution in [2.45, 2.75) is 17.7 Å². The number of nitrogens with one attached hydrogen (secondary N) is 1. The molecule has 1 atom stereocenters. The molecule has 2 amide bonds. The van der Waals surface area contributed by atoms with Crippen LogP contribution in [0.5, 0.6) is 0 Å². The number of thioether (sulfide) groups is 2. The van der Waals surface area contributed by atoms with E-state index in [0.717, 1.165) is 33.2 Å². The van der Waals surface area contributed by atoms with Crippen LogP contribution in [-0.2, 0) is 17.1 Å². The Bertz CT molecular complexity index is 1090. The number of benzene rings is 3. The first-order valence-corrected chi connectivity index (χ1v) is 13.3. The Hall–Kier alpha value is -2.41. The fourth-order valence-corrected chi connectivity index (χ4v) is 5.95. The van der Waals surface area contributed by atoms with E-state index in [1.54, 1.807) is 23.5 Å². The summed E-state index contributed by atoms with van der Waals surface area (Å²) < 4.78 is 0. The third kappa shape index (κ3) is 6.34. The van der Waals surface area contributed by atoms with Gasteiger partial charge in [0.05, 0.1) is 5.75 Å². The maximum atomic E-state index is 12.5. The van der Waals surface area contributed by atoms with Crippen LogP contribution >= 0.6 is 35.1 Å². The average Bonchev–Trinajstić information content (AvgIpc) is 3.20. The second-order valence-electron chi connectivity index (χ2n) is 7.69. The zero-order valence-electron chi connectivity index (χ0n) is 18.1. The van der Waals surface area contributed by atoms with Gasteiger partial charge < -0.3 is 10.2 Å². The molecule has 0 spiro atoms. The third-order valence-corrected chi connectivity index (χ3v) is 8.00. The molecule has 0 aliphatic carbocycles. The lowest BCUT2D eigenvalue weighted by atomic mass is 10.1. The lowest BCUT2D eigenvalue weighted by Gasteiger charge is -2.24. The first kappa shape index (κ1) is 23.7. The van der Waals surface area contributed by atoms with Crippen molar-refractivity contribution in [3.05, 3.63) is 106 Å². The predicted molar refractivity (Wildman–Crippen MR) is 139 cm³/mol. The minimum Gasteiger partial charge on any atom is -0.351 e. The Kier molecular flexibility index (Phi) is 8.37. The number of nitrogens with zero attached hydrogens (tertiary/aromatic N) is 1. The number of hydrogen-bond donors (Lipinski definition) is 1. The molecular formula is C26H25ClN2O2S2. The molecule has 7 heteroatoms. The van der Waals surface area contributed by atoms with Gasteiger partial charge in [-0.3, -0.25) is 9.59 Å². The van der Waals surface area contributed by atoms with Crippen LogP contribution in [0.2, 0.25) is 5.02 Å². The number of hydrogen-bond acceptors (Lipinski definition) is 4. The molecule has 1 aliphatic rings. The van der Waals surface area contributed by atoms with Gasteiger partial charge in [0.2, 0.25) is 5.91 Å². The number of halogens is 1. The number of carbonyl (C=O) groups is 2. The van der Waals surface area contributed by atoms with Gasteiger partial charge in [0.15, 0.2) is 0 Å².